The molecule has 0 saturated heterocycles. The van der Waals surface area contributed by atoms with E-state index in [-0.39, 0.29) is 5.78 Å². The molecule has 0 heterocycles. The van der Waals surface area contributed by atoms with Crippen molar-refractivity contribution in [1.82, 2.24) is 0 Å². The molecule has 0 aromatic carbocycles. The Morgan fingerprint density at radius 2 is 0.553 bits per heavy atom. The number of ketones is 1. The lowest BCUT2D eigenvalue weighted by atomic mass is 9.93. The molecule has 1 atom stereocenters. The van der Waals surface area contributed by atoms with Gasteiger partial charge >= 0.3 is 5.97 Å². The highest BCUT2D eigenvalue weighted by Gasteiger charge is 2.24. The number of carboxylic acids is 1. The summed E-state index contributed by atoms with van der Waals surface area (Å²) in [6.07, 6.45) is 50.3. The Bertz CT molecular complexity index is 630. The molecular weight excluding hydrogens is 576 g/mol. The summed E-state index contributed by atoms with van der Waals surface area (Å²) in [5.74, 6) is -1.71. The highest BCUT2D eigenvalue weighted by molar-refractivity contribution is 5.98. The Morgan fingerprint density at radius 3 is 0.787 bits per heavy atom. The minimum absolute atomic E-state index is 0.0311. The highest BCUT2D eigenvalue weighted by Crippen LogP contribution is 2.19. The van der Waals surface area contributed by atoms with Gasteiger partial charge in [-0.1, -0.05) is 245 Å². The number of carbonyl (C=O) groups is 2. The van der Waals surface area contributed by atoms with Crippen molar-refractivity contribution in [2.45, 2.75) is 264 Å². The first-order valence-electron chi connectivity index (χ1n) is 21.9. The van der Waals surface area contributed by atoms with Gasteiger partial charge in [0, 0.05) is 6.42 Å². The Balaban J connectivity index is 3.47. The Labute approximate surface area is 296 Å². The first kappa shape index (κ1) is 46.1. The van der Waals surface area contributed by atoms with Crippen LogP contribution in [0.3, 0.4) is 0 Å². The summed E-state index contributed by atoms with van der Waals surface area (Å²) in [7, 11) is 0. The second kappa shape index (κ2) is 39.6. The molecule has 0 radical (unpaired) electrons. The van der Waals surface area contributed by atoms with Crippen LogP contribution in [0.15, 0.2) is 0 Å². The van der Waals surface area contributed by atoms with Crippen molar-refractivity contribution in [3.05, 3.63) is 0 Å². The number of aliphatic carboxylic acids is 1. The SMILES string of the molecule is CCCCCCCCCCCCCCCCCCCCCC(=O)C(CCCCCCCCCCCCCCCCCCCC)C(=O)O. The van der Waals surface area contributed by atoms with Gasteiger partial charge in [0.1, 0.15) is 11.7 Å². The minimum Gasteiger partial charge on any atom is -0.481 e. The molecule has 0 fully saturated rings. The Morgan fingerprint density at radius 1 is 0.340 bits per heavy atom. The van der Waals surface area contributed by atoms with Gasteiger partial charge in [-0.3, -0.25) is 9.59 Å². The molecule has 0 aromatic rings. The third kappa shape index (κ3) is 36.3. The predicted molar refractivity (Wildman–Crippen MR) is 208 cm³/mol. The molecule has 0 saturated carbocycles. The van der Waals surface area contributed by atoms with Crippen LogP contribution in [0.25, 0.3) is 0 Å². The molecular formula is C44H86O3. The van der Waals surface area contributed by atoms with Crippen molar-refractivity contribution in [2.75, 3.05) is 0 Å². The van der Waals surface area contributed by atoms with E-state index in [1.807, 2.05) is 0 Å². The van der Waals surface area contributed by atoms with Gasteiger partial charge in [0.25, 0.3) is 0 Å². The van der Waals surface area contributed by atoms with E-state index in [2.05, 4.69) is 13.8 Å². The van der Waals surface area contributed by atoms with Crippen molar-refractivity contribution in [3.63, 3.8) is 0 Å². The lowest BCUT2D eigenvalue weighted by molar-refractivity contribution is -0.146. The number of unbranched alkanes of at least 4 members (excludes halogenated alkanes) is 35. The van der Waals surface area contributed by atoms with E-state index in [1.165, 1.54) is 212 Å². The predicted octanol–water partition coefficient (Wildman–Crippen LogP) is 15.5. The van der Waals surface area contributed by atoms with Crippen LogP contribution in [0, 0.1) is 5.92 Å². The van der Waals surface area contributed by atoms with Gasteiger partial charge in [-0.25, -0.2) is 0 Å². The van der Waals surface area contributed by atoms with Crippen LogP contribution in [-0.4, -0.2) is 16.9 Å². The van der Waals surface area contributed by atoms with E-state index in [9.17, 15) is 14.7 Å². The topological polar surface area (TPSA) is 54.4 Å². The molecule has 0 rings (SSSR count). The van der Waals surface area contributed by atoms with Crippen LogP contribution in [0.5, 0.6) is 0 Å². The molecule has 0 aliphatic heterocycles. The molecule has 0 amide bonds. The van der Waals surface area contributed by atoms with Gasteiger partial charge in [-0.15, -0.1) is 0 Å². The number of hydrogen-bond acceptors (Lipinski definition) is 2. The van der Waals surface area contributed by atoms with Crippen molar-refractivity contribution < 1.29 is 14.7 Å². The molecule has 0 bridgehead atoms. The van der Waals surface area contributed by atoms with Crippen LogP contribution < -0.4 is 0 Å². The Hall–Kier alpha value is -0.860. The smallest absolute Gasteiger partial charge is 0.314 e. The van der Waals surface area contributed by atoms with E-state index in [4.69, 9.17) is 0 Å². The van der Waals surface area contributed by atoms with Crippen LogP contribution in [0.2, 0.25) is 0 Å². The molecule has 0 aromatic heterocycles. The molecule has 0 aliphatic carbocycles. The van der Waals surface area contributed by atoms with Crippen LogP contribution in [0.1, 0.15) is 264 Å². The molecule has 0 spiro atoms. The number of hydrogen-bond donors (Lipinski definition) is 1. The zero-order valence-electron chi connectivity index (χ0n) is 32.4. The van der Waals surface area contributed by atoms with Crippen LogP contribution in [0.4, 0.5) is 0 Å². The average Bonchev–Trinajstić information content (AvgIpc) is 3.06. The maximum Gasteiger partial charge on any atom is 0.314 e. The number of Topliss-reactive ketones (excluding diaryl/α,β-unsaturated/α-hetero) is 1. The van der Waals surface area contributed by atoms with Crippen molar-refractivity contribution >= 4 is 11.8 Å². The maximum absolute atomic E-state index is 12.6. The van der Waals surface area contributed by atoms with E-state index >= 15 is 0 Å². The van der Waals surface area contributed by atoms with Crippen molar-refractivity contribution in [1.29, 1.82) is 0 Å². The first-order chi connectivity index (χ1) is 23.1. The van der Waals surface area contributed by atoms with E-state index in [0.29, 0.717) is 12.8 Å². The summed E-state index contributed by atoms with van der Waals surface area (Å²) in [6, 6.07) is 0. The van der Waals surface area contributed by atoms with Gasteiger partial charge in [-0.05, 0) is 12.8 Å². The number of carboxylic acid groups (broad SMARTS) is 1. The van der Waals surface area contributed by atoms with Gasteiger partial charge in [0.15, 0.2) is 0 Å². The molecule has 47 heavy (non-hydrogen) atoms. The quantitative estimate of drug-likeness (QED) is 0.0523. The second-order valence-corrected chi connectivity index (χ2v) is 15.3. The molecule has 3 heteroatoms. The van der Waals surface area contributed by atoms with E-state index < -0.39 is 11.9 Å². The Kier molecular flexibility index (Phi) is 38.9. The molecule has 3 nitrogen and oxygen atoms in total. The average molecular weight is 663 g/mol. The lowest BCUT2D eigenvalue weighted by Gasteiger charge is -2.11. The second-order valence-electron chi connectivity index (χ2n) is 15.3. The van der Waals surface area contributed by atoms with Crippen LogP contribution >= 0.6 is 0 Å². The van der Waals surface area contributed by atoms with Gasteiger partial charge in [0.2, 0.25) is 0 Å². The molecule has 1 N–H and O–H groups in total. The largest absolute Gasteiger partial charge is 0.481 e. The highest BCUT2D eigenvalue weighted by atomic mass is 16.4. The summed E-state index contributed by atoms with van der Waals surface area (Å²) >= 11 is 0. The van der Waals surface area contributed by atoms with E-state index in [1.54, 1.807) is 0 Å². The third-order valence-electron chi connectivity index (χ3n) is 10.6. The zero-order valence-corrected chi connectivity index (χ0v) is 32.4. The summed E-state index contributed by atoms with van der Waals surface area (Å²) in [4.78, 5) is 24.3. The van der Waals surface area contributed by atoms with Gasteiger partial charge < -0.3 is 5.11 Å². The van der Waals surface area contributed by atoms with Crippen LogP contribution in [-0.2, 0) is 9.59 Å². The zero-order chi connectivity index (χ0) is 34.3. The fourth-order valence-corrected chi connectivity index (χ4v) is 7.22. The summed E-state index contributed by atoms with van der Waals surface area (Å²) in [5, 5.41) is 9.63. The van der Waals surface area contributed by atoms with Crippen molar-refractivity contribution in [2.24, 2.45) is 5.92 Å². The molecule has 280 valence electrons. The van der Waals surface area contributed by atoms with Gasteiger partial charge in [0.05, 0.1) is 0 Å². The number of rotatable bonds is 41. The normalized spacial score (nSPS) is 12.1. The minimum atomic E-state index is -0.903. The maximum atomic E-state index is 12.6. The first-order valence-corrected chi connectivity index (χ1v) is 21.9. The molecule has 1 unspecified atom stereocenters. The third-order valence-corrected chi connectivity index (χ3v) is 10.6. The standard InChI is InChI=1S/C44H86O3/c1-3-5-7-9-11-13-15-17-19-21-23-25-27-29-31-33-35-37-39-41-43(45)42(44(46)47)40-38-36-34-32-30-28-26-24-22-20-18-16-14-12-10-8-6-4-2/h42H,3-41H2,1-2H3,(H,46,47). The summed E-state index contributed by atoms with van der Waals surface area (Å²) in [6.45, 7) is 4.57. The van der Waals surface area contributed by atoms with E-state index in [0.717, 1.165) is 25.7 Å². The summed E-state index contributed by atoms with van der Waals surface area (Å²) in [5.41, 5.74) is 0. The van der Waals surface area contributed by atoms with Gasteiger partial charge in [-0.2, -0.15) is 0 Å². The monoisotopic (exact) mass is 663 g/mol. The van der Waals surface area contributed by atoms with Crippen molar-refractivity contribution in [3.8, 4) is 0 Å². The summed E-state index contributed by atoms with van der Waals surface area (Å²) < 4.78 is 0. The molecule has 0 aliphatic rings. The fraction of sp³-hybridized carbons (Fsp3) is 0.955. The fourth-order valence-electron chi connectivity index (χ4n) is 7.22. The lowest BCUT2D eigenvalue weighted by Crippen LogP contribution is -2.23. The number of carbonyl (C=O) groups excluding carboxylic acids is 1.